The van der Waals surface area contributed by atoms with Crippen molar-refractivity contribution in [2.24, 2.45) is 10.7 Å². The Labute approximate surface area is 159 Å². The number of amidine groups is 1. The van der Waals surface area contributed by atoms with Gasteiger partial charge in [-0.25, -0.2) is 0 Å². The van der Waals surface area contributed by atoms with Crippen LogP contribution in [-0.2, 0) is 6.42 Å². The summed E-state index contributed by atoms with van der Waals surface area (Å²) < 4.78 is 5.83. The summed E-state index contributed by atoms with van der Waals surface area (Å²) in [6.07, 6.45) is 0.597. The van der Waals surface area contributed by atoms with E-state index in [1.165, 1.54) is 5.56 Å². The van der Waals surface area contributed by atoms with Crippen LogP contribution >= 0.6 is 35.6 Å². The molecule has 0 amide bonds. The number of hydrogen-bond donors (Lipinski definition) is 1. The zero-order chi connectivity index (χ0) is 15.9. The van der Waals surface area contributed by atoms with E-state index in [0.717, 1.165) is 16.3 Å². The Bertz CT molecular complexity index is 644. The topological polar surface area (TPSA) is 47.6 Å². The van der Waals surface area contributed by atoms with E-state index in [0.29, 0.717) is 18.8 Å². The summed E-state index contributed by atoms with van der Waals surface area (Å²) >= 11 is 5.86. The molecule has 23 heavy (non-hydrogen) atoms. The van der Waals surface area contributed by atoms with E-state index in [-0.39, 0.29) is 30.1 Å². The summed E-state index contributed by atoms with van der Waals surface area (Å²) in [4.78, 5) is 4.40. The maximum Gasteiger partial charge on any atom is 0.120 e. The number of rotatable bonds is 6. The molecule has 2 rings (SSSR count). The van der Waals surface area contributed by atoms with Gasteiger partial charge in [0.15, 0.2) is 0 Å². The minimum Gasteiger partial charge on any atom is -0.489 e. The van der Waals surface area contributed by atoms with E-state index in [4.69, 9.17) is 22.1 Å². The number of halogens is 2. The number of benzene rings is 2. The maximum atomic E-state index is 5.97. The summed E-state index contributed by atoms with van der Waals surface area (Å²) in [7, 11) is 0. The summed E-state index contributed by atoms with van der Waals surface area (Å²) in [6.45, 7) is 4.56. The van der Waals surface area contributed by atoms with Crippen LogP contribution in [0.3, 0.4) is 0 Å². The van der Waals surface area contributed by atoms with Gasteiger partial charge in [-0.05, 0) is 49.2 Å². The molecule has 0 saturated carbocycles. The molecule has 0 bridgehead atoms. The number of aliphatic imine (C=N–C) groups is 1. The van der Waals surface area contributed by atoms with Crippen molar-refractivity contribution in [3.05, 3.63) is 64.7 Å². The van der Waals surface area contributed by atoms with Gasteiger partial charge in [0.25, 0.3) is 0 Å². The number of ether oxygens (including phenoxy) is 1. The third-order valence-electron chi connectivity index (χ3n) is 3.18. The molecule has 0 aliphatic carbocycles. The number of hydrogen-bond acceptors (Lipinski definition) is 2. The van der Waals surface area contributed by atoms with Gasteiger partial charge in [0, 0.05) is 11.4 Å². The molecule has 0 fully saturated rings. The highest BCUT2D eigenvalue weighted by molar-refractivity contribution is 14.0. The van der Waals surface area contributed by atoms with Crippen LogP contribution in [-0.4, -0.2) is 18.5 Å². The minimum atomic E-state index is -0.0226. The number of nitrogens with two attached hydrogens (primary N) is 1. The van der Waals surface area contributed by atoms with Gasteiger partial charge in [-0.3, -0.25) is 4.99 Å². The molecule has 0 aromatic heterocycles. The molecule has 0 heterocycles. The highest BCUT2D eigenvalue weighted by Gasteiger charge is 2.04. The highest BCUT2D eigenvalue weighted by Crippen LogP contribution is 2.14. The maximum absolute atomic E-state index is 5.97. The van der Waals surface area contributed by atoms with Crippen LogP contribution in [0.15, 0.2) is 53.5 Å². The van der Waals surface area contributed by atoms with Gasteiger partial charge in [-0.15, -0.1) is 24.0 Å². The minimum absolute atomic E-state index is 0. The molecule has 2 aromatic carbocycles. The van der Waals surface area contributed by atoms with E-state index in [1.54, 1.807) is 0 Å². The van der Waals surface area contributed by atoms with Gasteiger partial charge in [0.1, 0.15) is 11.9 Å². The molecule has 2 aromatic rings. The van der Waals surface area contributed by atoms with Gasteiger partial charge in [0.2, 0.25) is 0 Å². The zero-order valence-corrected chi connectivity index (χ0v) is 16.4. The van der Waals surface area contributed by atoms with Crippen molar-refractivity contribution in [2.75, 3.05) is 6.54 Å². The molecule has 3 nitrogen and oxygen atoms in total. The van der Waals surface area contributed by atoms with E-state index < -0.39 is 0 Å². The second-order valence-electron chi connectivity index (χ2n) is 5.38. The molecule has 0 aliphatic rings. The van der Waals surface area contributed by atoms with E-state index >= 15 is 0 Å². The van der Waals surface area contributed by atoms with Gasteiger partial charge in [-0.2, -0.15) is 0 Å². The second-order valence-corrected chi connectivity index (χ2v) is 5.82. The Morgan fingerprint density at radius 2 is 1.91 bits per heavy atom. The quantitative estimate of drug-likeness (QED) is 0.401. The van der Waals surface area contributed by atoms with Crippen molar-refractivity contribution in [1.82, 2.24) is 0 Å². The predicted molar refractivity (Wildman–Crippen MR) is 108 cm³/mol. The molecular formula is C18H22ClIN2O. The Hall–Kier alpha value is -1.27. The fourth-order valence-corrected chi connectivity index (χ4v) is 2.20. The summed E-state index contributed by atoms with van der Waals surface area (Å²) in [5, 5.41) is 0.722. The molecule has 0 saturated heterocycles. The van der Waals surface area contributed by atoms with Crippen molar-refractivity contribution in [1.29, 1.82) is 0 Å². The van der Waals surface area contributed by atoms with Gasteiger partial charge < -0.3 is 10.5 Å². The van der Waals surface area contributed by atoms with Crippen molar-refractivity contribution in [2.45, 2.75) is 26.4 Å². The van der Waals surface area contributed by atoms with Gasteiger partial charge >= 0.3 is 0 Å². The Kier molecular flexibility index (Phi) is 8.41. The Morgan fingerprint density at radius 1 is 1.22 bits per heavy atom. The Balaban J connectivity index is 0.00000264. The molecule has 0 spiro atoms. The summed E-state index contributed by atoms with van der Waals surface area (Å²) in [5.74, 6) is 1.46. The molecule has 0 aliphatic heterocycles. The second kappa shape index (κ2) is 9.78. The molecule has 2 N–H and O–H groups in total. The standard InChI is InChI=1S/C18H21ClN2O.HI/c1-13-4-3-5-17(10-13)22-14(2)12-21-18(20)11-15-6-8-16(19)9-7-15;/h3-10,14H,11-12H2,1-2H3,(H2,20,21);1H. The first-order valence-electron chi connectivity index (χ1n) is 7.29. The van der Waals surface area contributed by atoms with E-state index in [9.17, 15) is 0 Å². The van der Waals surface area contributed by atoms with Gasteiger partial charge in [0.05, 0.1) is 12.4 Å². The smallest absolute Gasteiger partial charge is 0.120 e. The third-order valence-corrected chi connectivity index (χ3v) is 3.43. The first-order chi connectivity index (χ1) is 10.5. The first kappa shape index (κ1) is 19.8. The molecular weight excluding hydrogens is 423 g/mol. The number of nitrogens with zero attached hydrogens (tertiary/aromatic N) is 1. The monoisotopic (exact) mass is 444 g/mol. The van der Waals surface area contributed by atoms with Crippen LogP contribution in [0.25, 0.3) is 0 Å². The van der Waals surface area contributed by atoms with Crippen LogP contribution in [0.1, 0.15) is 18.1 Å². The van der Waals surface area contributed by atoms with Crippen LogP contribution in [0, 0.1) is 6.92 Å². The lowest BCUT2D eigenvalue weighted by Crippen LogP contribution is -2.21. The fourth-order valence-electron chi connectivity index (χ4n) is 2.07. The largest absolute Gasteiger partial charge is 0.489 e. The van der Waals surface area contributed by atoms with Crippen LogP contribution < -0.4 is 10.5 Å². The van der Waals surface area contributed by atoms with Gasteiger partial charge in [-0.1, -0.05) is 35.9 Å². The molecule has 1 unspecified atom stereocenters. The Morgan fingerprint density at radius 3 is 2.57 bits per heavy atom. The summed E-state index contributed by atoms with van der Waals surface area (Å²) in [6, 6.07) is 15.6. The molecule has 124 valence electrons. The van der Waals surface area contributed by atoms with E-state index in [1.807, 2.05) is 62.4 Å². The van der Waals surface area contributed by atoms with Crippen molar-refractivity contribution < 1.29 is 4.74 Å². The molecule has 0 radical (unpaired) electrons. The molecule has 1 atom stereocenters. The predicted octanol–water partition coefficient (Wildman–Crippen LogP) is 4.63. The lowest BCUT2D eigenvalue weighted by Gasteiger charge is -2.13. The lowest BCUT2D eigenvalue weighted by molar-refractivity contribution is 0.230. The average Bonchev–Trinajstić information content (AvgIpc) is 2.48. The fraction of sp³-hybridized carbons (Fsp3) is 0.278. The van der Waals surface area contributed by atoms with Crippen molar-refractivity contribution in [3.8, 4) is 5.75 Å². The van der Waals surface area contributed by atoms with Crippen molar-refractivity contribution >= 4 is 41.4 Å². The zero-order valence-electron chi connectivity index (χ0n) is 13.3. The molecule has 5 heteroatoms. The normalized spacial score (nSPS) is 12.4. The number of aryl methyl sites for hydroxylation is 1. The lowest BCUT2D eigenvalue weighted by atomic mass is 10.1. The average molecular weight is 445 g/mol. The van der Waals surface area contributed by atoms with Crippen molar-refractivity contribution in [3.63, 3.8) is 0 Å². The van der Waals surface area contributed by atoms with Crippen LogP contribution in [0.4, 0.5) is 0 Å². The van der Waals surface area contributed by atoms with Crippen LogP contribution in [0.5, 0.6) is 5.75 Å². The SMILES string of the molecule is Cc1cccc(OC(C)CN=C(N)Cc2ccc(Cl)cc2)c1.I. The van der Waals surface area contributed by atoms with E-state index in [2.05, 4.69) is 4.99 Å². The third kappa shape index (κ3) is 7.22. The summed E-state index contributed by atoms with van der Waals surface area (Å²) in [5.41, 5.74) is 8.24. The first-order valence-corrected chi connectivity index (χ1v) is 7.67. The highest BCUT2D eigenvalue weighted by atomic mass is 127. The van der Waals surface area contributed by atoms with Crippen LogP contribution in [0.2, 0.25) is 5.02 Å².